The van der Waals surface area contributed by atoms with Crippen molar-refractivity contribution in [2.45, 2.75) is 51.0 Å². The monoisotopic (exact) mass is 267 g/mol. The summed E-state index contributed by atoms with van der Waals surface area (Å²) in [6.07, 6.45) is 7.75. The molecule has 2 N–H and O–H groups in total. The lowest BCUT2D eigenvalue weighted by Gasteiger charge is -2.27. The lowest BCUT2D eigenvalue weighted by atomic mass is 10.1. The number of amides is 1. The number of hydrogen-bond donors (Lipinski definition) is 1. The molecule has 1 aromatic heterocycles. The molecule has 4 nitrogen and oxygen atoms in total. The Morgan fingerprint density at radius 3 is 2.67 bits per heavy atom. The fourth-order valence-corrected chi connectivity index (χ4v) is 3.10. The number of carbonyl (C=O) groups excluding carboxylic acids is 1. The average molecular weight is 267 g/mol. The van der Waals surface area contributed by atoms with Crippen LogP contribution in [0.3, 0.4) is 0 Å². The van der Waals surface area contributed by atoms with Crippen molar-refractivity contribution < 1.29 is 4.79 Å². The van der Waals surface area contributed by atoms with Gasteiger partial charge in [0, 0.05) is 18.5 Å². The highest BCUT2D eigenvalue weighted by Crippen LogP contribution is 2.22. The lowest BCUT2D eigenvalue weighted by Crippen LogP contribution is -2.37. The molecule has 0 saturated heterocycles. The van der Waals surface area contributed by atoms with E-state index in [1.807, 2.05) is 17.3 Å². The summed E-state index contributed by atoms with van der Waals surface area (Å²) >= 11 is 1.39. The summed E-state index contributed by atoms with van der Waals surface area (Å²) in [4.78, 5) is 18.2. The van der Waals surface area contributed by atoms with Crippen molar-refractivity contribution >= 4 is 22.4 Å². The normalized spacial score (nSPS) is 17.4. The van der Waals surface area contributed by atoms with E-state index in [-0.39, 0.29) is 5.91 Å². The van der Waals surface area contributed by atoms with Gasteiger partial charge in [-0.3, -0.25) is 4.79 Å². The number of likely N-dealkylation sites (N-methyl/N-ethyl adjacent to an activating group) is 1. The highest BCUT2D eigenvalue weighted by molar-refractivity contribution is 7.13. The zero-order chi connectivity index (χ0) is 13.0. The summed E-state index contributed by atoms with van der Waals surface area (Å²) < 4.78 is 0. The van der Waals surface area contributed by atoms with Crippen LogP contribution in [0.15, 0.2) is 5.38 Å². The van der Waals surface area contributed by atoms with Crippen LogP contribution in [0.1, 0.15) is 44.2 Å². The Balaban J connectivity index is 1.91. The second-order valence-electron chi connectivity index (χ2n) is 5.00. The molecule has 1 fully saturated rings. The molecule has 1 heterocycles. The van der Waals surface area contributed by atoms with E-state index in [0.29, 0.717) is 17.6 Å². The first-order valence-corrected chi connectivity index (χ1v) is 7.50. The minimum atomic E-state index is 0.159. The Bertz CT molecular complexity index is 397. The van der Waals surface area contributed by atoms with Gasteiger partial charge in [0.2, 0.25) is 5.91 Å². The third kappa shape index (κ3) is 3.45. The molecule has 2 rings (SSSR count). The Morgan fingerprint density at radius 2 is 2.11 bits per heavy atom. The summed E-state index contributed by atoms with van der Waals surface area (Å²) in [6.45, 7) is 0. The van der Waals surface area contributed by atoms with Gasteiger partial charge in [0.05, 0.1) is 12.1 Å². The Hall–Kier alpha value is -1.10. The SMILES string of the molecule is CN(C(=O)Cc1csc(N)n1)C1CCCCCC1. The highest BCUT2D eigenvalue weighted by Gasteiger charge is 2.21. The quantitative estimate of drug-likeness (QED) is 0.856. The van der Waals surface area contributed by atoms with Gasteiger partial charge in [-0.05, 0) is 12.8 Å². The van der Waals surface area contributed by atoms with Crippen LogP contribution in [0.2, 0.25) is 0 Å². The molecule has 1 aromatic rings. The summed E-state index contributed by atoms with van der Waals surface area (Å²) in [5.41, 5.74) is 6.37. The van der Waals surface area contributed by atoms with Crippen LogP contribution in [-0.2, 0) is 11.2 Å². The van der Waals surface area contributed by atoms with Crippen LogP contribution in [0.25, 0.3) is 0 Å². The van der Waals surface area contributed by atoms with Crippen LogP contribution in [0, 0.1) is 0 Å². The third-order valence-electron chi connectivity index (χ3n) is 3.67. The van der Waals surface area contributed by atoms with Crippen LogP contribution in [0.5, 0.6) is 0 Å². The van der Waals surface area contributed by atoms with Gasteiger partial charge in [0.15, 0.2) is 5.13 Å². The summed E-state index contributed by atoms with van der Waals surface area (Å²) in [6, 6.07) is 0.413. The van der Waals surface area contributed by atoms with Crippen molar-refractivity contribution in [3.8, 4) is 0 Å². The molecule has 5 heteroatoms. The number of hydrogen-bond acceptors (Lipinski definition) is 4. The summed E-state index contributed by atoms with van der Waals surface area (Å²) in [5.74, 6) is 0.159. The van der Waals surface area contributed by atoms with E-state index >= 15 is 0 Å². The van der Waals surface area contributed by atoms with Gasteiger partial charge in [0.25, 0.3) is 0 Å². The molecule has 18 heavy (non-hydrogen) atoms. The maximum Gasteiger partial charge on any atom is 0.228 e. The fraction of sp³-hybridized carbons (Fsp3) is 0.692. The first-order valence-electron chi connectivity index (χ1n) is 6.62. The Kier molecular flexibility index (Phi) is 4.58. The largest absolute Gasteiger partial charge is 0.375 e. The zero-order valence-corrected chi connectivity index (χ0v) is 11.7. The molecule has 1 saturated carbocycles. The molecule has 0 atom stereocenters. The Morgan fingerprint density at radius 1 is 1.44 bits per heavy atom. The summed E-state index contributed by atoms with van der Waals surface area (Å²) in [7, 11) is 1.92. The van der Waals surface area contributed by atoms with Gasteiger partial charge < -0.3 is 10.6 Å². The van der Waals surface area contributed by atoms with E-state index < -0.39 is 0 Å². The van der Waals surface area contributed by atoms with E-state index in [9.17, 15) is 4.79 Å². The molecular weight excluding hydrogens is 246 g/mol. The first-order chi connectivity index (χ1) is 8.66. The van der Waals surface area contributed by atoms with E-state index in [4.69, 9.17) is 5.73 Å². The average Bonchev–Trinajstić information content (AvgIpc) is 2.62. The third-order valence-corrected chi connectivity index (χ3v) is 4.39. The molecule has 0 aromatic carbocycles. The van der Waals surface area contributed by atoms with Crippen molar-refractivity contribution in [2.24, 2.45) is 0 Å². The van der Waals surface area contributed by atoms with Crippen LogP contribution < -0.4 is 5.73 Å². The minimum absolute atomic E-state index is 0.159. The van der Waals surface area contributed by atoms with Gasteiger partial charge >= 0.3 is 0 Å². The van der Waals surface area contributed by atoms with Crippen LogP contribution in [0.4, 0.5) is 5.13 Å². The lowest BCUT2D eigenvalue weighted by molar-refractivity contribution is -0.131. The van der Waals surface area contributed by atoms with E-state index in [0.717, 1.165) is 18.5 Å². The van der Waals surface area contributed by atoms with Crippen molar-refractivity contribution in [1.82, 2.24) is 9.88 Å². The highest BCUT2D eigenvalue weighted by atomic mass is 32.1. The predicted octanol–water partition coefficient (Wildman–Crippen LogP) is 2.45. The van der Waals surface area contributed by atoms with Crippen molar-refractivity contribution in [2.75, 3.05) is 12.8 Å². The van der Waals surface area contributed by atoms with Gasteiger partial charge in [-0.1, -0.05) is 25.7 Å². The van der Waals surface area contributed by atoms with Crippen molar-refractivity contribution in [3.05, 3.63) is 11.1 Å². The molecular formula is C13H21N3OS. The molecule has 1 aliphatic rings. The number of nitrogen functional groups attached to an aromatic ring is 1. The maximum absolute atomic E-state index is 12.2. The molecule has 1 amide bonds. The van der Waals surface area contributed by atoms with Crippen LogP contribution >= 0.6 is 11.3 Å². The maximum atomic E-state index is 12.2. The topological polar surface area (TPSA) is 59.2 Å². The van der Waals surface area contributed by atoms with Crippen LogP contribution in [-0.4, -0.2) is 28.9 Å². The van der Waals surface area contributed by atoms with Gasteiger partial charge in [-0.15, -0.1) is 11.3 Å². The second kappa shape index (κ2) is 6.18. The van der Waals surface area contributed by atoms with Gasteiger partial charge in [0.1, 0.15) is 0 Å². The number of thiazole rings is 1. The number of anilines is 1. The van der Waals surface area contributed by atoms with E-state index in [1.54, 1.807) is 0 Å². The standard InChI is InChI=1S/C13H21N3OS/c1-16(11-6-4-2-3-5-7-11)12(17)8-10-9-18-13(14)15-10/h9,11H,2-8H2,1H3,(H2,14,15). The predicted molar refractivity (Wildman–Crippen MR) is 74.5 cm³/mol. The number of rotatable bonds is 3. The van der Waals surface area contributed by atoms with Gasteiger partial charge in [-0.25, -0.2) is 4.98 Å². The number of aromatic nitrogens is 1. The first kappa shape index (κ1) is 13.3. The zero-order valence-electron chi connectivity index (χ0n) is 10.9. The molecule has 0 bridgehead atoms. The second-order valence-corrected chi connectivity index (χ2v) is 5.89. The molecule has 100 valence electrons. The smallest absolute Gasteiger partial charge is 0.228 e. The Labute approximate surface area is 112 Å². The van der Waals surface area contributed by atoms with Crippen molar-refractivity contribution in [1.29, 1.82) is 0 Å². The molecule has 0 radical (unpaired) electrons. The minimum Gasteiger partial charge on any atom is -0.375 e. The molecule has 0 unspecified atom stereocenters. The number of nitrogens with zero attached hydrogens (tertiary/aromatic N) is 2. The van der Waals surface area contributed by atoms with Gasteiger partial charge in [-0.2, -0.15) is 0 Å². The van der Waals surface area contributed by atoms with Crippen molar-refractivity contribution in [3.63, 3.8) is 0 Å². The summed E-state index contributed by atoms with van der Waals surface area (Å²) in [5, 5.41) is 2.41. The molecule has 1 aliphatic carbocycles. The molecule has 0 spiro atoms. The molecule has 0 aliphatic heterocycles. The fourth-order valence-electron chi connectivity index (χ4n) is 2.53. The van der Waals surface area contributed by atoms with E-state index in [2.05, 4.69) is 4.98 Å². The number of nitrogens with two attached hydrogens (primary N) is 1. The van der Waals surface area contributed by atoms with E-state index in [1.165, 1.54) is 37.0 Å². The number of carbonyl (C=O) groups is 1.